The van der Waals surface area contributed by atoms with Gasteiger partial charge in [0.15, 0.2) is 12.1 Å². The summed E-state index contributed by atoms with van der Waals surface area (Å²) in [7, 11) is 0. The number of nitrogens with one attached hydrogen (secondary N) is 1. The van der Waals surface area contributed by atoms with Crippen molar-refractivity contribution in [3.05, 3.63) is 17.8 Å². The van der Waals surface area contributed by atoms with Crippen LogP contribution in [0.3, 0.4) is 0 Å². The van der Waals surface area contributed by atoms with Crippen molar-refractivity contribution in [1.82, 2.24) is 10.3 Å². The summed E-state index contributed by atoms with van der Waals surface area (Å²) < 4.78 is 4.91. The smallest absolute Gasteiger partial charge is 0.273 e. The van der Waals surface area contributed by atoms with Crippen molar-refractivity contribution >= 4 is 5.91 Å². The Morgan fingerprint density at radius 3 is 3.00 bits per heavy atom. The number of rotatable bonds is 5. The molecule has 0 saturated carbocycles. The van der Waals surface area contributed by atoms with Crippen LogP contribution in [0.4, 0.5) is 0 Å². The lowest BCUT2D eigenvalue weighted by Gasteiger charge is -2.09. The van der Waals surface area contributed by atoms with Crippen LogP contribution in [0.2, 0.25) is 0 Å². The summed E-state index contributed by atoms with van der Waals surface area (Å²) in [4.78, 5) is 15.3. The van der Waals surface area contributed by atoms with Gasteiger partial charge in [-0.05, 0) is 13.3 Å². The van der Waals surface area contributed by atoms with E-state index < -0.39 is 6.10 Å². The second kappa shape index (κ2) is 5.50. The van der Waals surface area contributed by atoms with E-state index >= 15 is 0 Å². The molecular weight excluding hydrogens is 196 g/mol. The maximum absolute atomic E-state index is 11.5. The first-order chi connectivity index (χ1) is 7.15. The maximum Gasteiger partial charge on any atom is 0.273 e. The zero-order valence-corrected chi connectivity index (χ0v) is 8.99. The standard InChI is InChI=1S/C10H16N2O3/c1-3-4-8(13)5-11-10(14)9-7(2)15-6-12-9/h6,8,13H,3-5H2,1-2H3,(H,11,14). The Hall–Kier alpha value is -1.36. The minimum atomic E-state index is -0.494. The van der Waals surface area contributed by atoms with Crippen LogP contribution in [0.1, 0.15) is 36.0 Å². The Morgan fingerprint density at radius 2 is 2.47 bits per heavy atom. The number of hydrogen-bond acceptors (Lipinski definition) is 4. The number of aryl methyl sites for hydroxylation is 1. The highest BCUT2D eigenvalue weighted by Gasteiger charge is 2.13. The number of carbonyl (C=O) groups is 1. The number of aromatic nitrogens is 1. The molecule has 0 aliphatic carbocycles. The normalized spacial score (nSPS) is 12.5. The van der Waals surface area contributed by atoms with E-state index in [0.29, 0.717) is 12.2 Å². The predicted molar refractivity (Wildman–Crippen MR) is 54.5 cm³/mol. The van der Waals surface area contributed by atoms with Gasteiger partial charge in [-0.1, -0.05) is 13.3 Å². The van der Waals surface area contributed by atoms with Crippen molar-refractivity contribution in [2.24, 2.45) is 0 Å². The Labute approximate surface area is 88.5 Å². The van der Waals surface area contributed by atoms with E-state index in [1.807, 2.05) is 6.92 Å². The van der Waals surface area contributed by atoms with Crippen LogP contribution in [0.5, 0.6) is 0 Å². The summed E-state index contributed by atoms with van der Waals surface area (Å²) in [5, 5.41) is 12.0. The lowest BCUT2D eigenvalue weighted by molar-refractivity contribution is 0.0904. The first-order valence-corrected chi connectivity index (χ1v) is 5.01. The molecule has 1 atom stereocenters. The largest absolute Gasteiger partial charge is 0.448 e. The van der Waals surface area contributed by atoms with Crippen molar-refractivity contribution in [1.29, 1.82) is 0 Å². The molecule has 0 radical (unpaired) electrons. The number of amides is 1. The number of carbonyl (C=O) groups excluding carboxylic acids is 1. The van der Waals surface area contributed by atoms with E-state index in [9.17, 15) is 9.90 Å². The average Bonchev–Trinajstić information content (AvgIpc) is 2.61. The third kappa shape index (κ3) is 3.36. The van der Waals surface area contributed by atoms with Gasteiger partial charge >= 0.3 is 0 Å². The minimum absolute atomic E-state index is 0.249. The third-order valence-electron chi connectivity index (χ3n) is 2.08. The van der Waals surface area contributed by atoms with E-state index in [0.717, 1.165) is 6.42 Å². The highest BCUT2D eigenvalue weighted by Crippen LogP contribution is 2.04. The Balaban J connectivity index is 2.40. The summed E-state index contributed by atoms with van der Waals surface area (Å²) in [6.07, 6.45) is 2.30. The van der Waals surface area contributed by atoms with Crippen molar-refractivity contribution in [2.75, 3.05) is 6.54 Å². The van der Waals surface area contributed by atoms with Crippen LogP contribution in [-0.2, 0) is 0 Å². The lowest BCUT2D eigenvalue weighted by atomic mass is 10.2. The van der Waals surface area contributed by atoms with E-state index in [4.69, 9.17) is 4.42 Å². The molecule has 1 aromatic rings. The molecule has 0 aliphatic heterocycles. The van der Waals surface area contributed by atoms with Crippen LogP contribution < -0.4 is 5.32 Å². The minimum Gasteiger partial charge on any atom is -0.448 e. The molecule has 0 fully saturated rings. The average molecular weight is 212 g/mol. The summed E-state index contributed by atoms with van der Waals surface area (Å²) in [5.74, 6) is 0.175. The van der Waals surface area contributed by atoms with E-state index in [1.165, 1.54) is 6.39 Å². The molecule has 1 unspecified atom stereocenters. The molecule has 0 bridgehead atoms. The zero-order chi connectivity index (χ0) is 11.3. The number of aliphatic hydroxyl groups excluding tert-OH is 1. The van der Waals surface area contributed by atoms with E-state index in [2.05, 4.69) is 10.3 Å². The van der Waals surface area contributed by atoms with Crippen molar-refractivity contribution in [3.63, 3.8) is 0 Å². The summed E-state index contributed by atoms with van der Waals surface area (Å²) in [5.41, 5.74) is 0.277. The Kier molecular flexibility index (Phi) is 4.30. The van der Waals surface area contributed by atoms with Crippen molar-refractivity contribution in [2.45, 2.75) is 32.8 Å². The molecule has 0 aliphatic rings. The van der Waals surface area contributed by atoms with Crippen LogP contribution >= 0.6 is 0 Å². The van der Waals surface area contributed by atoms with E-state index in [-0.39, 0.29) is 18.1 Å². The van der Waals surface area contributed by atoms with Crippen LogP contribution in [-0.4, -0.2) is 28.6 Å². The molecule has 15 heavy (non-hydrogen) atoms. The molecule has 5 nitrogen and oxygen atoms in total. The van der Waals surface area contributed by atoms with Gasteiger partial charge in [0.1, 0.15) is 5.76 Å². The fourth-order valence-electron chi connectivity index (χ4n) is 1.25. The highest BCUT2D eigenvalue weighted by molar-refractivity contribution is 5.93. The summed E-state index contributed by atoms with van der Waals surface area (Å²) >= 11 is 0. The van der Waals surface area contributed by atoms with Gasteiger partial charge < -0.3 is 14.8 Å². The van der Waals surface area contributed by atoms with Gasteiger partial charge in [-0.25, -0.2) is 4.98 Å². The summed E-state index contributed by atoms with van der Waals surface area (Å²) in [6, 6.07) is 0. The Bertz CT molecular complexity index is 322. The molecule has 0 spiro atoms. The second-order valence-electron chi connectivity index (χ2n) is 3.41. The molecule has 84 valence electrons. The van der Waals surface area contributed by atoms with Crippen LogP contribution in [0.25, 0.3) is 0 Å². The van der Waals surface area contributed by atoms with Crippen LogP contribution in [0.15, 0.2) is 10.8 Å². The highest BCUT2D eigenvalue weighted by atomic mass is 16.3. The maximum atomic E-state index is 11.5. The van der Waals surface area contributed by atoms with Crippen molar-refractivity contribution in [3.8, 4) is 0 Å². The van der Waals surface area contributed by atoms with Crippen molar-refractivity contribution < 1.29 is 14.3 Å². The molecule has 0 aromatic carbocycles. The van der Waals surface area contributed by atoms with Gasteiger partial charge in [-0.2, -0.15) is 0 Å². The zero-order valence-electron chi connectivity index (χ0n) is 8.99. The lowest BCUT2D eigenvalue weighted by Crippen LogP contribution is -2.32. The van der Waals surface area contributed by atoms with Gasteiger partial charge in [0.2, 0.25) is 0 Å². The molecule has 1 heterocycles. The number of nitrogens with zero attached hydrogens (tertiary/aromatic N) is 1. The van der Waals surface area contributed by atoms with E-state index in [1.54, 1.807) is 6.92 Å². The molecule has 1 amide bonds. The first-order valence-electron chi connectivity index (χ1n) is 5.01. The van der Waals surface area contributed by atoms with Gasteiger partial charge in [0.05, 0.1) is 6.10 Å². The summed E-state index contributed by atoms with van der Waals surface area (Å²) in [6.45, 7) is 3.90. The fourth-order valence-corrected chi connectivity index (χ4v) is 1.25. The molecular formula is C10H16N2O3. The second-order valence-corrected chi connectivity index (χ2v) is 3.41. The molecule has 2 N–H and O–H groups in total. The number of oxazole rings is 1. The first kappa shape index (κ1) is 11.7. The fraction of sp³-hybridized carbons (Fsp3) is 0.600. The molecule has 1 aromatic heterocycles. The Morgan fingerprint density at radius 1 is 1.73 bits per heavy atom. The molecule has 0 saturated heterocycles. The third-order valence-corrected chi connectivity index (χ3v) is 2.08. The monoisotopic (exact) mass is 212 g/mol. The quantitative estimate of drug-likeness (QED) is 0.759. The van der Waals surface area contributed by atoms with Gasteiger partial charge in [-0.3, -0.25) is 4.79 Å². The number of hydrogen-bond donors (Lipinski definition) is 2. The SMILES string of the molecule is CCCC(O)CNC(=O)c1ncoc1C. The predicted octanol–water partition coefficient (Wildman–Crippen LogP) is 0.874. The van der Waals surface area contributed by atoms with Gasteiger partial charge in [0, 0.05) is 6.54 Å². The van der Waals surface area contributed by atoms with Gasteiger partial charge in [0.25, 0.3) is 5.91 Å². The van der Waals surface area contributed by atoms with Gasteiger partial charge in [-0.15, -0.1) is 0 Å². The molecule has 5 heteroatoms. The topological polar surface area (TPSA) is 75.4 Å². The molecule has 1 rings (SSSR count). The van der Waals surface area contributed by atoms with Crippen LogP contribution in [0, 0.1) is 6.92 Å². The number of aliphatic hydroxyl groups is 1.